The van der Waals surface area contributed by atoms with Gasteiger partial charge in [0.1, 0.15) is 12.4 Å². The predicted octanol–water partition coefficient (Wildman–Crippen LogP) is 5.64. The zero-order chi connectivity index (χ0) is 21.6. The highest BCUT2D eigenvalue weighted by molar-refractivity contribution is 7.98. The van der Waals surface area contributed by atoms with Gasteiger partial charge in [0.25, 0.3) is 0 Å². The van der Waals surface area contributed by atoms with E-state index in [-0.39, 0.29) is 12.5 Å². The lowest BCUT2D eigenvalue weighted by Gasteiger charge is -2.07. The number of nitrogens with one attached hydrogen (secondary N) is 1. The number of hydrogen-bond donors (Lipinski definition) is 1. The van der Waals surface area contributed by atoms with Crippen LogP contribution in [0.1, 0.15) is 11.4 Å². The van der Waals surface area contributed by atoms with Crippen LogP contribution >= 0.6 is 24.0 Å². The van der Waals surface area contributed by atoms with Crippen molar-refractivity contribution in [1.29, 1.82) is 0 Å². The lowest BCUT2D eigenvalue weighted by molar-refractivity contribution is -0.116. The average Bonchev–Trinajstić information content (AvgIpc) is 3.08. The lowest BCUT2D eigenvalue weighted by atomic mass is 10.2. The van der Waals surface area contributed by atoms with Gasteiger partial charge >= 0.3 is 0 Å². The second kappa shape index (κ2) is 9.76. The largest absolute Gasteiger partial charge is 0.324 e. The Kier molecular flexibility index (Phi) is 6.64. The minimum Gasteiger partial charge on any atom is -0.324 e. The number of aromatic nitrogens is 3. The Balaban J connectivity index is 1.59. The molecule has 1 heterocycles. The van der Waals surface area contributed by atoms with E-state index < -0.39 is 0 Å². The van der Waals surface area contributed by atoms with E-state index in [1.165, 1.54) is 0 Å². The molecule has 7 heteroatoms. The van der Waals surface area contributed by atoms with Gasteiger partial charge in [-0.25, -0.2) is 4.68 Å². The van der Waals surface area contributed by atoms with Crippen molar-refractivity contribution in [2.75, 3.05) is 5.32 Å². The first-order valence-electron chi connectivity index (χ1n) is 9.89. The average molecular weight is 447 g/mol. The molecule has 4 rings (SSSR count). The molecule has 0 spiro atoms. The van der Waals surface area contributed by atoms with Gasteiger partial charge in [0, 0.05) is 16.3 Å². The van der Waals surface area contributed by atoms with E-state index in [9.17, 15) is 4.79 Å². The second-order valence-electron chi connectivity index (χ2n) is 7.05. The van der Waals surface area contributed by atoms with E-state index >= 15 is 0 Å². The number of anilines is 1. The summed E-state index contributed by atoms with van der Waals surface area (Å²) in [5, 5.41) is 7.62. The minimum atomic E-state index is -0.165. The van der Waals surface area contributed by atoms with Crippen molar-refractivity contribution in [3.8, 4) is 5.69 Å². The van der Waals surface area contributed by atoms with Gasteiger partial charge in [-0.2, -0.15) is 5.10 Å². The van der Waals surface area contributed by atoms with E-state index in [0.29, 0.717) is 10.5 Å². The smallest absolute Gasteiger partial charge is 0.246 e. The van der Waals surface area contributed by atoms with Crippen LogP contribution in [0.4, 0.5) is 5.69 Å². The molecule has 0 saturated heterocycles. The monoisotopic (exact) mass is 446 g/mol. The van der Waals surface area contributed by atoms with Crippen LogP contribution in [0.25, 0.3) is 5.69 Å². The highest BCUT2D eigenvalue weighted by atomic mass is 32.2. The molecule has 4 aromatic rings. The second-order valence-corrected chi connectivity index (χ2v) is 8.46. The molecule has 0 aliphatic carbocycles. The van der Waals surface area contributed by atoms with Crippen LogP contribution in [0.2, 0.25) is 0 Å². The van der Waals surface area contributed by atoms with Gasteiger partial charge < -0.3 is 5.32 Å². The summed E-state index contributed by atoms with van der Waals surface area (Å²) >= 11 is 7.39. The van der Waals surface area contributed by atoms with Crippen molar-refractivity contribution in [3.05, 3.63) is 101 Å². The van der Waals surface area contributed by atoms with Crippen LogP contribution in [-0.2, 0) is 17.1 Å². The minimum absolute atomic E-state index is 0.0512. The van der Waals surface area contributed by atoms with Gasteiger partial charge in [-0.1, -0.05) is 48.5 Å². The van der Waals surface area contributed by atoms with Crippen LogP contribution in [-0.4, -0.2) is 20.3 Å². The molecular formula is C24H22N4OS2. The summed E-state index contributed by atoms with van der Waals surface area (Å²) in [7, 11) is 0. The molecule has 1 aromatic heterocycles. The number of para-hydroxylation sites is 1. The van der Waals surface area contributed by atoms with Crippen molar-refractivity contribution < 1.29 is 4.79 Å². The summed E-state index contributed by atoms with van der Waals surface area (Å²) in [5.41, 5.74) is 2.78. The first kappa shape index (κ1) is 21.1. The Labute approximate surface area is 190 Å². The van der Waals surface area contributed by atoms with E-state index in [4.69, 9.17) is 17.3 Å². The molecular weight excluding hydrogens is 424 g/mol. The summed E-state index contributed by atoms with van der Waals surface area (Å²) in [6.07, 6.45) is 0. The van der Waals surface area contributed by atoms with Crippen LogP contribution < -0.4 is 5.32 Å². The Bertz CT molecular complexity index is 1230. The first-order valence-corrected chi connectivity index (χ1v) is 11.3. The normalized spacial score (nSPS) is 10.7. The number of benzene rings is 3. The Morgan fingerprint density at radius 3 is 2.42 bits per heavy atom. The fourth-order valence-electron chi connectivity index (χ4n) is 3.21. The molecule has 3 aromatic carbocycles. The molecule has 0 atom stereocenters. The molecule has 5 nitrogen and oxygen atoms in total. The third-order valence-corrected chi connectivity index (χ3v) is 6.03. The Morgan fingerprint density at radius 2 is 1.71 bits per heavy atom. The summed E-state index contributed by atoms with van der Waals surface area (Å²) in [4.78, 5) is 13.8. The van der Waals surface area contributed by atoms with E-state index in [2.05, 4.69) is 17.4 Å². The van der Waals surface area contributed by atoms with Gasteiger partial charge in [-0.05, 0) is 61.1 Å². The molecule has 0 unspecified atom stereocenters. The predicted molar refractivity (Wildman–Crippen MR) is 128 cm³/mol. The van der Waals surface area contributed by atoms with E-state index in [0.717, 1.165) is 27.7 Å². The lowest BCUT2D eigenvalue weighted by Crippen LogP contribution is -2.20. The quantitative estimate of drug-likeness (QED) is 0.295. The maximum absolute atomic E-state index is 12.6. The third-order valence-electron chi connectivity index (χ3n) is 4.63. The summed E-state index contributed by atoms with van der Waals surface area (Å²) < 4.78 is 4.02. The maximum atomic E-state index is 12.6. The van der Waals surface area contributed by atoms with Crippen molar-refractivity contribution in [3.63, 3.8) is 0 Å². The number of nitrogens with zero attached hydrogens (tertiary/aromatic N) is 3. The van der Waals surface area contributed by atoms with Crippen LogP contribution in [0.15, 0.2) is 89.8 Å². The topological polar surface area (TPSA) is 51.9 Å². The molecule has 0 radical (unpaired) electrons. The van der Waals surface area contributed by atoms with Gasteiger partial charge in [0.05, 0.1) is 5.75 Å². The number of aryl methyl sites for hydroxylation is 1. The molecule has 0 aliphatic rings. The first-order chi connectivity index (χ1) is 15.1. The number of carbonyl (C=O) groups is 1. The van der Waals surface area contributed by atoms with Gasteiger partial charge in [0.15, 0.2) is 0 Å². The number of amides is 1. The molecule has 0 aliphatic heterocycles. The molecule has 1 amide bonds. The summed E-state index contributed by atoms with van der Waals surface area (Å²) in [5.74, 6) is 1.27. The summed E-state index contributed by atoms with van der Waals surface area (Å²) in [6, 6.07) is 27.7. The van der Waals surface area contributed by atoms with Crippen molar-refractivity contribution in [1.82, 2.24) is 14.3 Å². The third kappa shape index (κ3) is 5.31. The molecule has 0 fully saturated rings. The fraction of sp³-hybridized carbons (Fsp3) is 0.125. The van der Waals surface area contributed by atoms with Crippen molar-refractivity contribution in [2.24, 2.45) is 0 Å². The summed E-state index contributed by atoms with van der Waals surface area (Å²) in [6.45, 7) is 2.04. The zero-order valence-electron chi connectivity index (χ0n) is 17.1. The van der Waals surface area contributed by atoms with Crippen LogP contribution in [0, 0.1) is 11.7 Å². The number of hydrogen-bond acceptors (Lipinski definition) is 4. The van der Waals surface area contributed by atoms with E-state index in [1.54, 1.807) is 16.4 Å². The molecule has 0 bridgehead atoms. The molecule has 156 valence electrons. The van der Waals surface area contributed by atoms with Gasteiger partial charge in [-0.15, -0.1) is 11.8 Å². The van der Waals surface area contributed by atoms with Crippen LogP contribution in [0.5, 0.6) is 0 Å². The highest BCUT2D eigenvalue weighted by Gasteiger charge is 2.15. The number of carbonyl (C=O) groups excluding carboxylic acids is 1. The number of rotatable bonds is 7. The highest BCUT2D eigenvalue weighted by Crippen LogP contribution is 2.23. The molecule has 31 heavy (non-hydrogen) atoms. The van der Waals surface area contributed by atoms with Gasteiger partial charge in [0.2, 0.25) is 10.7 Å². The zero-order valence-corrected chi connectivity index (χ0v) is 18.7. The van der Waals surface area contributed by atoms with Crippen molar-refractivity contribution >= 4 is 35.6 Å². The van der Waals surface area contributed by atoms with Crippen LogP contribution in [0.3, 0.4) is 0 Å². The van der Waals surface area contributed by atoms with E-state index in [1.807, 2.05) is 84.3 Å². The molecule has 0 saturated carbocycles. The number of thioether (sulfide) groups is 1. The van der Waals surface area contributed by atoms with Crippen molar-refractivity contribution in [2.45, 2.75) is 24.1 Å². The maximum Gasteiger partial charge on any atom is 0.246 e. The molecule has 1 N–H and O–H groups in total. The Morgan fingerprint density at radius 1 is 1.00 bits per heavy atom. The standard InChI is InChI=1S/C24H22N4OS2/c1-18-9-8-10-19(15-18)25-23(29)16-27-24(30)28(20-11-4-2-5-12-20)22(26-27)17-31-21-13-6-3-7-14-21/h2-15H,16-17H2,1H3,(H,25,29). The van der Waals surface area contributed by atoms with Gasteiger partial charge in [-0.3, -0.25) is 9.36 Å². The fourth-order valence-corrected chi connectivity index (χ4v) is 4.36. The Hall–Kier alpha value is -3.16. The SMILES string of the molecule is Cc1cccc(NC(=O)Cn2nc(CSc3ccccc3)n(-c3ccccc3)c2=S)c1.